The van der Waals surface area contributed by atoms with Gasteiger partial charge in [0.1, 0.15) is 11.9 Å². The summed E-state index contributed by atoms with van der Waals surface area (Å²) < 4.78 is 18.9. The van der Waals surface area contributed by atoms with Gasteiger partial charge in [0.25, 0.3) is 0 Å². The maximum atomic E-state index is 13.8. The third-order valence-electron chi connectivity index (χ3n) is 6.25. The summed E-state index contributed by atoms with van der Waals surface area (Å²) in [5, 5.41) is 5.96. The number of ether oxygens (including phenoxy) is 1. The molecule has 1 aromatic carbocycles. The van der Waals surface area contributed by atoms with Crippen molar-refractivity contribution in [3.63, 3.8) is 0 Å². The molecule has 1 saturated heterocycles. The van der Waals surface area contributed by atoms with Crippen LogP contribution in [0.4, 0.5) is 4.39 Å². The Balaban J connectivity index is 1.75. The molecule has 0 radical (unpaired) electrons. The third-order valence-corrected chi connectivity index (χ3v) is 7.35. The summed E-state index contributed by atoms with van der Waals surface area (Å²) >= 11 is 7.82. The van der Waals surface area contributed by atoms with Gasteiger partial charge in [-0.15, -0.1) is 11.3 Å². The Hall–Kier alpha value is -2.82. The van der Waals surface area contributed by atoms with E-state index in [1.165, 1.54) is 36.6 Å². The molecule has 186 valence electrons. The smallest absolute Gasteiger partial charge is 0.338 e. The highest BCUT2D eigenvalue weighted by Crippen LogP contribution is 2.37. The first-order valence-electron chi connectivity index (χ1n) is 11.3. The second-order valence-electron chi connectivity index (χ2n) is 8.40. The van der Waals surface area contributed by atoms with Crippen LogP contribution in [0.3, 0.4) is 0 Å². The fraction of sp³-hybridized carbons (Fsp3) is 0.417. The van der Waals surface area contributed by atoms with Crippen LogP contribution in [0, 0.1) is 5.82 Å². The van der Waals surface area contributed by atoms with E-state index in [9.17, 15) is 14.0 Å². The number of benzene rings is 1. The van der Waals surface area contributed by atoms with Crippen LogP contribution in [0.5, 0.6) is 0 Å². The van der Waals surface area contributed by atoms with E-state index >= 15 is 0 Å². The van der Waals surface area contributed by atoms with Crippen molar-refractivity contribution in [2.45, 2.75) is 32.4 Å². The zero-order valence-corrected chi connectivity index (χ0v) is 21.3. The van der Waals surface area contributed by atoms with E-state index in [1.54, 1.807) is 13.1 Å². The second-order valence-corrected chi connectivity index (χ2v) is 9.70. The first-order valence-corrected chi connectivity index (χ1v) is 12.6. The Kier molecular flexibility index (Phi) is 7.83. The Morgan fingerprint density at radius 3 is 2.77 bits per heavy atom. The molecule has 0 spiro atoms. The molecule has 0 saturated carbocycles. The van der Waals surface area contributed by atoms with Crippen LogP contribution in [0.15, 0.2) is 46.0 Å². The summed E-state index contributed by atoms with van der Waals surface area (Å²) in [4.78, 5) is 38.3. The quantitative estimate of drug-likeness (QED) is 0.589. The van der Waals surface area contributed by atoms with Crippen LogP contribution < -0.4 is 5.32 Å². The Morgan fingerprint density at radius 1 is 1.34 bits per heavy atom. The Bertz CT molecular complexity index is 1170. The van der Waals surface area contributed by atoms with E-state index in [4.69, 9.17) is 21.3 Å². The zero-order valence-electron chi connectivity index (χ0n) is 19.8. The molecule has 3 heterocycles. The minimum Gasteiger partial charge on any atom is -0.466 e. The first-order chi connectivity index (χ1) is 16.8. The van der Waals surface area contributed by atoms with E-state index in [-0.39, 0.29) is 17.0 Å². The number of aliphatic imine (C=N–C) groups is 1. The summed E-state index contributed by atoms with van der Waals surface area (Å²) in [6.07, 6.45) is 2.50. The van der Waals surface area contributed by atoms with Crippen molar-refractivity contribution in [1.82, 2.24) is 20.1 Å². The average molecular weight is 520 g/mol. The van der Waals surface area contributed by atoms with Gasteiger partial charge in [-0.3, -0.25) is 14.7 Å². The number of halogens is 2. The number of hydrogen-bond acceptors (Lipinski definition) is 8. The molecule has 2 aliphatic rings. The van der Waals surface area contributed by atoms with Gasteiger partial charge in [0.05, 0.1) is 12.7 Å². The van der Waals surface area contributed by atoms with Crippen LogP contribution >= 0.6 is 22.9 Å². The van der Waals surface area contributed by atoms with Gasteiger partial charge in [-0.2, -0.15) is 0 Å². The van der Waals surface area contributed by atoms with Crippen LogP contribution in [0.1, 0.15) is 36.9 Å². The molecule has 1 fully saturated rings. The fourth-order valence-corrected chi connectivity index (χ4v) is 5.38. The van der Waals surface area contributed by atoms with Crippen LogP contribution in [-0.2, 0) is 14.3 Å². The van der Waals surface area contributed by atoms with E-state index in [0.29, 0.717) is 53.9 Å². The second kappa shape index (κ2) is 10.8. The standard InChI is InChI=1S/C24H27ClFN5O3S/c1-4-16-12-30(8-9-31(16)14(2)32)13-19-20(24(33)34-3)21(17-6-5-15(26)11-18(17)25)29-22(28-19)23-27-7-10-35-23/h5-7,10-11,16,21H,4,8-9,12-13H2,1-3H3,(H,28,29)/t16?,21-/m0/s1. The molecule has 2 aliphatic heterocycles. The first kappa shape index (κ1) is 25.3. The summed E-state index contributed by atoms with van der Waals surface area (Å²) in [6, 6.07) is 3.32. The molecule has 1 N–H and O–H groups in total. The lowest BCUT2D eigenvalue weighted by atomic mass is 9.95. The molecule has 2 aromatic rings. The number of rotatable bonds is 6. The highest BCUT2D eigenvalue weighted by Gasteiger charge is 2.35. The number of aromatic nitrogens is 1. The van der Waals surface area contributed by atoms with Crippen molar-refractivity contribution < 1.29 is 18.7 Å². The largest absolute Gasteiger partial charge is 0.466 e. The minimum absolute atomic E-state index is 0.0611. The number of thiazole rings is 1. The number of carbonyl (C=O) groups is 2. The van der Waals surface area contributed by atoms with E-state index in [2.05, 4.69) is 22.1 Å². The number of piperazine rings is 1. The number of nitrogens with zero attached hydrogens (tertiary/aromatic N) is 4. The molecule has 1 amide bonds. The highest BCUT2D eigenvalue weighted by molar-refractivity contribution is 7.11. The molecule has 1 aromatic heterocycles. The Morgan fingerprint density at radius 2 is 2.14 bits per heavy atom. The van der Waals surface area contributed by atoms with E-state index in [0.717, 1.165) is 6.42 Å². The van der Waals surface area contributed by atoms with Gasteiger partial charge in [-0.05, 0) is 18.6 Å². The van der Waals surface area contributed by atoms with Crippen molar-refractivity contribution in [3.8, 4) is 0 Å². The number of hydrogen-bond donors (Lipinski definition) is 1. The summed E-state index contributed by atoms with van der Waals surface area (Å²) in [5.41, 5.74) is 1.42. The molecule has 8 nitrogen and oxygen atoms in total. The van der Waals surface area contributed by atoms with Crippen molar-refractivity contribution in [2.24, 2.45) is 4.99 Å². The average Bonchev–Trinajstić information content (AvgIpc) is 3.38. The molecule has 35 heavy (non-hydrogen) atoms. The number of carbonyl (C=O) groups excluding carboxylic acids is 2. The van der Waals surface area contributed by atoms with Gasteiger partial charge in [-0.25, -0.2) is 14.2 Å². The van der Waals surface area contributed by atoms with Gasteiger partial charge in [0, 0.05) is 67.0 Å². The Labute approximate surface area is 212 Å². The van der Waals surface area contributed by atoms with Crippen LogP contribution in [-0.4, -0.2) is 71.8 Å². The molecule has 2 atom stereocenters. The summed E-state index contributed by atoms with van der Waals surface area (Å²) in [6.45, 7) is 5.99. The van der Waals surface area contributed by atoms with Crippen molar-refractivity contribution in [3.05, 3.63) is 62.5 Å². The predicted octanol–water partition coefficient (Wildman–Crippen LogP) is 3.40. The molecule has 0 aliphatic carbocycles. The molecule has 4 rings (SSSR count). The molecular weight excluding hydrogens is 493 g/mol. The molecule has 11 heteroatoms. The van der Waals surface area contributed by atoms with E-state index < -0.39 is 17.8 Å². The fourth-order valence-electron chi connectivity index (χ4n) is 4.52. The van der Waals surface area contributed by atoms with E-state index in [1.807, 2.05) is 10.3 Å². The number of methoxy groups -OCH3 is 1. The maximum Gasteiger partial charge on any atom is 0.338 e. The normalized spacial score (nSPS) is 20.9. The SMILES string of the molecule is CCC1CN(CC2=C(C(=O)OC)[C@H](c3ccc(F)cc3Cl)N=C(c3nccs3)N2)CCN1C(C)=O. The van der Waals surface area contributed by atoms with Crippen molar-refractivity contribution in [1.29, 1.82) is 0 Å². The number of nitrogens with one attached hydrogen (secondary N) is 1. The lowest BCUT2D eigenvalue weighted by Crippen LogP contribution is -2.55. The zero-order chi connectivity index (χ0) is 25.1. The monoisotopic (exact) mass is 519 g/mol. The lowest BCUT2D eigenvalue weighted by Gasteiger charge is -2.41. The highest BCUT2D eigenvalue weighted by atomic mass is 35.5. The van der Waals surface area contributed by atoms with Gasteiger partial charge < -0.3 is 15.0 Å². The number of esters is 1. The predicted molar refractivity (Wildman–Crippen MR) is 133 cm³/mol. The van der Waals surface area contributed by atoms with Gasteiger partial charge in [-0.1, -0.05) is 24.6 Å². The van der Waals surface area contributed by atoms with Crippen LogP contribution in [0.25, 0.3) is 0 Å². The molecule has 1 unspecified atom stereocenters. The lowest BCUT2D eigenvalue weighted by molar-refractivity contribution is -0.136. The minimum atomic E-state index is -0.800. The number of amidine groups is 1. The van der Waals surface area contributed by atoms with Crippen LogP contribution in [0.2, 0.25) is 5.02 Å². The third kappa shape index (κ3) is 5.39. The summed E-state index contributed by atoms with van der Waals surface area (Å²) in [7, 11) is 1.31. The number of amides is 1. The van der Waals surface area contributed by atoms with Gasteiger partial charge in [0.2, 0.25) is 5.91 Å². The van der Waals surface area contributed by atoms with Gasteiger partial charge >= 0.3 is 5.97 Å². The van der Waals surface area contributed by atoms with Crippen molar-refractivity contribution in [2.75, 3.05) is 33.3 Å². The van der Waals surface area contributed by atoms with Crippen molar-refractivity contribution >= 4 is 40.6 Å². The summed E-state index contributed by atoms with van der Waals surface area (Å²) in [5.74, 6) is -0.461. The van der Waals surface area contributed by atoms with Gasteiger partial charge in [0.15, 0.2) is 10.8 Å². The maximum absolute atomic E-state index is 13.8. The molecular formula is C24H27ClFN5O3S. The molecule has 0 bridgehead atoms. The topological polar surface area (TPSA) is 87.1 Å².